The fourth-order valence-electron chi connectivity index (χ4n) is 5.41. The molecule has 8 atom stereocenters. The van der Waals surface area contributed by atoms with Gasteiger partial charge in [0.1, 0.15) is 0 Å². The summed E-state index contributed by atoms with van der Waals surface area (Å²) >= 11 is 0. The van der Waals surface area contributed by atoms with Gasteiger partial charge in [0.15, 0.2) is 11.9 Å². The summed E-state index contributed by atoms with van der Waals surface area (Å²) in [6, 6.07) is 0. The van der Waals surface area contributed by atoms with E-state index in [1.807, 2.05) is 6.92 Å². The van der Waals surface area contributed by atoms with Crippen molar-refractivity contribution in [2.75, 3.05) is 0 Å². The van der Waals surface area contributed by atoms with Gasteiger partial charge in [0.2, 0.25) is 11.7 Å². The summed E-state index contributed by atoms with van der Waals surface area (Å²) in [6.45, 7) is 6.33. The fourth-order valence-corrected chi connectivity index (χ4v) is 5.41. The van der Waals surface area contributed by atoms with Crippen molar-refractivity contribution in [1.82, 2.24) is 0 Å². The lowest BCUT2D eigenvalue weighted by Gasteiger charge is -2.60. The minimum atomic E-state index is -0.768. The third-order valence-corrected chi connectivity index (χ3v) is 6.70. The molecule has 0 aromatic rings. The number of hydrogen-bond donors (Lipinski definition) is 1. The molecule has 0 aromatic carbocycles. The quantitative estimate of drug-likeness (QED) is 0.787. The Morgan fingerprint density at radius 3 is 2.70 bits per heavy atom. The molecule has 1 amide bonds. The van der Waals surface area contributed by atoms with Crippen LogP contribution in [0.15, 0.2) is 0 Å². The van der Waals surface area contributed by atoms with Crippen molar-refractivity contribution in [1.29, 1.82) is 0 Å². The molecule has 1 aliphatic carbocycles. The van der Waals surface area contributed by atoms with Gasteiger partial charge in [0, 0.05) is 12.3 Å². The largest absolute Gasteiger partial charge is 0.370 e. The second-order valence-electron chi connectivity index (χ2n) is 8.11. The highest BCUT2D eigenvalue weighted by Gasteiger charge is 2.69. The molecule has 6 nitrogen and oxygen atoms in total. The zero-order valence-electron chi connectivity index (χ0n) is 14.1. The van der Waals surface area contributed by atoms with E-state index in [2.05, 4.69) is 13.8 Å². The molecule has 2 bridgehead atoms. The van der Waals surface area contributed by atoms with Crippen LogP contribution in [0, 0.1) is 23.7 Å². The van der Waals surface area contributed by atoms with Crippen molar-refractivity contribution in [2.45, 2.75) is 76.7 Å². The summed E-state index contributed by atoms with van der Waals surface area (Å²) in [5, 5.41) is 0. The maximum absolute atomic E-state index is 11.4. The van der Waals surface area contributed by atoms with Gasteiger partial charge in [0.25, 0.3) is 0 Å². The number of amides is 1. The summed E-state index contributed by atoms with van der Waals surface area (Å²) in [5.74, 6) is 0.242. The van der Waals surface area contributed by atoms with Crippen LogP contribution in [0.2, 0.25) is 0 Å². The molecule has 0 aromatic heterocycles. The number of primary amides is 1. The molecule has 1 spiro atoms. The number of carbonyl (C=O) groups is 1. The Labute approximate surface area is 136 Å². The molecule has 5 aliphatic rings. The Morgan fingerprint density at radius 2 is 1.96 bits per heavy atom. The van der Waals surface area contributed by atoms with E-state index in [0.717, 1.165) is 25.7 Å². The van der Waals surface area contributed by atoms with Crippen LogP contribution < -0.4 is 5.73 Å². The van der Waals surface area contributed by atoms with Crippen molar-refractivity contribution in [3.8, 4) is 0 Å². The molecule has 4 aliphatic heterocycles. The third-order valence-electron chi connectivity index (χ3n) is 6.70. The van der Waals surface area contributed by atoms with Crippen LogP contribution in [0.4, 0.5) is 0 Å². The highest BCUT2D eigenvalue weighted by atomic mass is 17.3. The van der Waals surface area contributed by atoms with E-state index in [1.54, 1.807) is 0 Å². The third kappa shape index (κ3) is 2.18. The molecule has 6 heteroatoms. The van der Waals surface area contributed by atoms with Crippen molar-refractivity contribution >= 4 is 5.91 Å². The van der Waals surface area contributed by atoms with Gasteiger partial charge in [-0.1, -0.05) is 13.8 Å². The van der Waals surface area contributed by atoms with Crippen molar-refractivity contribution in [2.24, 2.45) is 29.4 Å². The minimum absolute atomic E-state index is 0.184. The number of hydrogen-bond acceptors (Lipinski definition) is 5. The van der Waals surface area contributed by atoms with Crippen LogP contribution in [0.3, 0.4) is 0 Å². The van der Waals surface area contributed by atoms with Gasteiger partial charge < -0.3 is 15.2 Å². The Morgan fingerprint density at radius 1 is 1.17 bits per heavy atom. The first-order valence-corrected chi connectivity index (χ1v) is 8.84. The van der Waals surface area contributed by atoms with Gasteiger partial charge in [-0.05, 0) is 43.9 Å². The molecule has 130 valence electrons. The molecule has 0 unspecified atom stereocenters. The first-order valence-electron chi connectivity index (χ1n) is 8.84. The molecular formula is C17H27NO5. The lowest BCUT2D eigenvalue weighted by atomic mass is 9.57. The Bertz CT molecular complexity index is 513. The smallest absolute Gasteiger partial charge is 0.220 e. The molecule has 5 rings (SSSR count). The number of ether oxygens (including phenoxy) is 2. The summed E-state index contributed by atoms with van der Waals surface area (Å²) in [5.41, 5.74) is 4.86. The lowest BCUT2D eigenvalue weighted by Crippen LogP contribution is -2.70. The second-order valence-corrected chi connectivity index (χ2v) is 8.11. The molecule has 4 heterocycles. The van der Waals surface area contributed by atoms with Gasteiger partial charge >= 0.3 is 0 Å². The highest BCUT2D eigenvalue weighted by Crippen LogP contribution is 2.60. The van der Waals surface area contributed by atoms with E-state index in [0.29, 0.717) is 11.8 Å². The Kier molecular flexibility index (Phi) is 3.54. The summed E-state index contributed by atoms with van der Waals surface area (Å²) < 4.78 is 12.5. The number of nitrogens with two attached hydrogens (primary N) is 1. The van der Waals surface area contributed by atoms with Crippen LogP contribution in [-0.2, 0) is 24.0 Å². The van der Waals surface area contributed by atoms with Crippen LogP contribution in [0.5, 0.6) is 0 Å². The van der Waals surface area contributed by atoms with E-state index in [9.17, 15) is 4.79 Å². The maximum Gasteiger partial charge on any atom is 0.220 e. The average molecular weight is 325 g/mol. The predicted octanol–water partition coefficient (Wildman–Crippen LogP) is 2.11. The van der Waals surface area contributed by atoms with Crippen molar-refractivity contribution in [3.63, 3.8) is 0 Å². The monoisotopic (exact) mass is 325 g/mol. The topological polar surface area (TPSA) is 80.0 Å². The van der Waals surface area contributed by atoms with Crippen molar-refractivity contribution in [3.05, 3.63) is 0 Å². The Balaban J connectivity index is 1.74. The first kappa shape index (κ1) is 15.8. The van der Waals surface area contributed by atoms with Crippen LogP contribution in [0.1, 0.15) is 52.9 Å². The molecule has 2 N–H and O–H groups in total. The van der Waals surface area contributed by atoms with Crippen molar-refractivity contribution < 1.29 is 24.0 Å². The highest BCUT2D eigenvalue weighted by molar-refractivity contribution is 5.74. The molecule has 23 heavy (non-hydrogen) atoms. The predicted molar refractivity (Wildman–Crippen MR) is 80.6 cm³/mol. The number of fused-ring (bicyclic) bond motifs is 2. The lowest BCUT2D eigenvalue weighted by molar-refractivity contribution is -0.570. The molecule has 4 saturated heterocycles. The van der Waals surface area contributed by atoms with Gasteiger partial charge in [-0.25, -0.2) is 9.78 Å². The maximum atomic E-state index is 11.4. The molecule has 0 radical (unpaired) electrons. The van der Waals surface area contributed by atoms with Crippen LogP contribution in [-0.4, -0.2) is 29.7 Å². The molecule has 1 saturated carbocycles. The van der Waals surface area contributed by atoms with E-state index in [1.165, 1.54) is 0 Å². The molecule has 5 fully saturated rings. The van der Waals surface area contributed by atoms with E-state index in [-0.39, 0.29) is 30.3 Å². The SMILES string of the molecule is C[C@H]1[C@@H](CC(N)=O)O[C@@H]2O[C@@]3(C)CC[C@H]4[C@H](C)CC[C@@H]1[C@@]24OO3. The number of carbonyl (C=O) groups excluding carboxylic acids is 1. The normalized spacial score (nSPS) is 55.1. The van der Waals surface area contributed by atoms with E-state index in [4.69, 9.17) is 25.0 Å². The van der Waals surface area contributed by atoms with E-state index < -0.39 is 17.7 Å². The fraction of sp³-hybridized carbons (Fsp3) is 0.941. The van der Waals surface area contributed by atoms with Gasteiger partial charge in [-0.2, -0.15) is 0 Å². The van der Waals surface area contributed by atoms with Crippen LogP contribution >= 0.6 is 0 Å². The summed E-state index contributed by atoms with van der Waals surface area (Å²) in [7, 11) is 0. The summed E-state index contributed by atoms with van der Waals surface area (Å²) in [4.78, 5) is 23.2. The zero-order chi connectivity index (χ0) is 16.4. The zero-order valence-corrected chi connectivity index (χ0v) is 14.1. The second kappa shape index (κ2) is 5.15. The van der Waals surface area contributed by atoms with E-state index >= 15 is 0 Å². The minimum Gasteiger partial charge on any atom is -0.370 e. The first-order chi connectivity index (χ1) is 10.9. The Hall–Kier alpha value is -0.690. The average Bonchev–Trinajstić information content (AvgIpc) is 2.70. The van der Waals surface area contributed by atoms with Gasteiger partial charge in [-0.15, -0.1) is 0 Å². The molecular weight excluding hydrogens is 298 g/mol. The summed E-state index contributed by atoms with van der Waals surface area (Å²) in [6.07, 6.45) is 3.54. The number of rotatable bonds is 2. The van der Waals surface area contributed by atoms with Gasteiger partial charge in [-0.3, -0.25) is 4.79 Å². The van der Waals surface area contributed by atoms with Gasteiger partial charge in [0.05, 0.1) is 12.5 Å². The standard InChI is InChI=1S/C17H27NO5/c1-9-4-5-12-10(2)13(8-14(18)19)20-15-17(12)11(9)6-7-16(3,21-15)22-23-17/h9-13,15H,4-8H2,1-3H3,(H2,18,19)/t9-,10-,11+,12+,13-,15-,16-,17-/m1/s1. The van der Waals surface area contributed by atoms with Crippen LogP contribution in [0.25, 0.3) is 0 Å².